The molecule has 1 aliphatic carbocycles. The fourth-order valence-electron chi connectivity index (χ4n) is 5.81. The topological polar surface area (TPSA) is 91.0 Å². The summed E-state index contributed by atoms with van der Waals surface area (Å²) in [4.78, 5) is 43.8. The highest BCUT2D eigenvalue weighted by atomic mass is 32.2. The van der Waals surface area contributed by atoms with Gasteiger partial charge in [-0.15, -0.1) is 11.8 Å². The molecule has 1 saturated carbocycles. The van der Waals surface area contributed by atoms with Crippen LogP contribution in [0.15, 0.2) is 24.3 Å². The molecule has 3 fully saturated rings. The number of hydrogen-bond donors (Lipinski definition) is 2. The largest absolute Gasteiger partial charge is 0.444 e. The first-order valence-electron chi connectivity index (χ1n) is 15.6. The first kappa shape index (κ1) is 33.0. The van der Waals surface area contributed by atoms with Crippen molar-refractivity contribution in [3.63, 3.8) is 0 Å². The van der Waals surface area contributed by atoms with Crippen molar-refractivity contribution in [2.75, 3.05) is 36.2 Å². The second-order valence-electron chi connectivity index (χ2n) is 13.1. The fourth-order valence-corrected chi connectivity index (χ4v) is 8.22. The summed E-state index contributed by atoms with van der Waals surface area (Å²) in [7, 11) is 0. The number of hydrogen-bond acceptors (Lipinski definition) is 7. The molecule has 2 atom stereocenters. The average molecular weight is 619 g/mol. The molecule has 10 heteroatoms. The van der Waals surface area contributed by atoms with Crippen LogP contribution in [-0.2, 0) is 20.9 Å². The number of nitrogens with zero attached hydrogens (tertiary/aromatic N) is 2. The van der Waals surface area contributed by atoms with Crippen LogP contribution in [-0.4, -0.2) is 87.7 Å². The summed E-state index contributed by atoms with van der Waals surface area (Å²) in [6.07, 6.45) is 7.68. The van der Waals surface area contributed by atoms with E-state index in [9.17, 15) is 14.4 Å². The smallest absolute Gasteiger partial charge is 0.411 e. The average Bonchev–Trinajstić information content (AvgIpc) is 3.45. The molecule has 2 heterocycles. The molecule has 1 aromatic rings. The molecule has 0 spiro atoms. The molecule has 3 amide bonds. The van der Waals surface area contributed by atoms with Gasteiger partial charge in [0.2, 0.25) is 11.8 Å². The number of carbonyl (C=O) groups excluding carboxylic acids is 3. The van der Waals surface area contributed by atoms with Crippen molar-refractivity contribution in [3.8, 4) is 0 Å². The second-order valence-corrected chi connectivity index (χ2v) is 15.2. The zero-order chi connectivity index (χ0) is 30.1. The van der Waals surface area contributed by atoms with Gasteiger partial charge < -0.3 is 15.4 Å². The number of ether oxygens (including phenoxy) is 1. The predicted molar refractivity (Wildman–Crippen MR) is 173 cm³/mol. The third-order valence-corrected chi connectivity index (χ3v) is 10.6. The van der Waals surface area contributed by atoms with Crippen LogP contribution in [0.4, 0.5) is 4.79 Å². The zero-order valence-corrected chi connectivity index (χ0v) is 27.5. The van der Waals surface area contributed by atoms with Gasteiger partial charge >= 0.3 is 6.09 Å². The van der Waals surface area contributed by atoms with Crippen molar-refractivity contribution in [2.24, 2.45) is 5.92 Å². The van der Waals surface area contributed by atoms with E-state index in [-0.39, 0.29) is 17.9 Å². The van der Waals surface area contributed by atoms with Gasteiger partial charge in [0.25, 0.3) is 0 Å². The minimum absolute atomic E-state index is 0.0924. The zero-order valence-electron chi connectivity index (χ0n) is 25.9. The lowest BCUT2D eigenvalue weighted by Crippen LogP contribution is -2.57. The molecule has 0 radical (unpaired) electrons. The highest BCUT2D eigenvalue weighted by Gasteiger charge is 2.39. The van der Waals surface area contributed by atoms with Crippen molar-refractivity contribution in [1.82, 2.24) is 20.4 Å². The van der Waals surface area contributed by atoms with Gasteiger partial charge in [0, 0.05) is 37.2 Å². The summed E-state index contributed by atoms with van der Waals surface area (Å²) in [6.45, 7) is 10.3. The molecule has 2 N–H and O–H groups in total. The normalized spacial score (nSPS) is 21.6. The SMILES string of the molecule is Cc1ccc(CN2CCC(NC(=O)C(CSCC3CCCCC3)NC(=O)[C@@H]3CSCN3C(=O)OC(C)(C)C)CC2)cc1. The Bertz CT molecular complexity index is 1030. The van der Waals surface area contributed by atoms with Crippen LogP contribution in [0.2, 0.25) is 0 Å². The molecular formula is C32H50N4O4S2. The Kier molecular flexibility index (Phi) is 12.3. The molecule has 0 aromatic heterocycles. The van der Waals surface area contributed by atoms with E-state index < -0.39 is 23.8 Å². The molecular weight excluding hydrogens is 569 g/mol. The van der Waals surface area contributed by atoms with Gasteiger partial charge in [0.05, 0.1) is 5.88 Å². The van der Waals surface area contributed by atoms with E-state index in [1.54, 1.807) is 11.8 Å². The lowest BCUT2D eigenvalue weighted by atomic mass is 9.91. The number of thioether (sulfide) groups is 2. The van der Waals surface area contributed by atoms with Crippen LogP contribution in [0.3, 0.4) is 0 Å². The highest BCUT2D eigenvalue weighted by molar-refractivity contribution is 7.99. The monoisotopic (exact) mass is 618 g/mol. The van der Waals surface area contributed by atoms with Gasteiger partial charge in [-0.2, -0.15) is 11.8 Å². The predicted octanol–water partition coefficient (Wildman–Crippen LogP) is 5.18. The van der Waals surface area contributed by atoms with Crippen LogP contribution >= 0.6 is 23.5 Å². The third-order valence-electron chi connectivity index (χ3n) is 8.27. The number of likely N-dealkylation sites (tertiary alicyclic amines) is 1. The van der Waals surface area contributed by atoms with E-state index >= 15 is 0 Å². The van der Waals surface area contributed by atoms with Crippen LogP contribution in [0.1, 0.15) is 76.8 Å². The Hall–Kier alpha value is -1.91. The molecule has 1 aromatic carbocycles. The van der Waals surface area contributed by atoms with Crippen molar-refractivity contribution < 1.29 is 19.1 Å². The van der Waals surface area contributed by atoms with Crippen LogP contribution in [0, 0.1) is 12.8 Å². The molecule has 2 saturated heterocycles. The summed E-state index contributed by atoms with van der Waals surface area (Å²) < 4.78 is 5.54. The number of nitrogens with one attached hydrogen (secondary N) is 2. The summed E-state index contributed by atoms with van der Waals surface area (Å²) in [6, 6.07) is 7.49. The second kappa shape index (κ2) is 15.7. The molecule has 8 nitrogen and oxygen atoms in total. The number of rotatable bonds is 10. The Morgan fingerprint density at radius 2 is 1.74 bits per heavy atom. The number of piperidine rings is 1. The minimum atomic E-state index is -0.645. The molecule has 234 valence electrons. The maximum Gasteiger partial charge on any atom is 0.411 e. The Balaban J connectivity index is 1.32. The number of carbonyl (C=O) groups is 3. The van der Waals surface area contributed by atoms with E-state index in [4.69, 9.17) is 4.74 Å². The standard InChI is InChI=1S/C32H50N4O4S2/c1-23-10-12-24(13-11-23)18-35-16-14-26(15-17-35)33-29(37)27(20-41-19-25-8-6-5-7-9-25)34-30(38)28-21-42-22-36(28)31(39)40-32(2,3)4/h10-13,25-28H,5-9,14-22H2,1-4H3,(H,33,37)(H,34,38)/t27?,28-/m0/s1. The van der Waals surface area contributed by atoms with Crippen LogP contribution in [0.5, 0.6) is 0 Å². The van der Waals surface area contributed by atoms with Crippen LogP contribution in [0.25, 0.3) is 0 Å². The van der Waals surface area contributed by atoms with E-state index in [0.29, 0.717) is 23.3 Å². The first-order chi connectivity index (χ1) is 20.1. The lowest BCUT2D eigenvalue weighted by Gasteiger charge is -2.33. The summed E-state index contributed by atoms with van der Waals surface area (Å²) >= 11 is 3.29. The molecule has 0 bridgehead atoms. The van der Waals surface area contributed by atoms with Crippen LogP contribution < -0.4 is 10.6 Å². The van der Waals surface area contributed by atoms with Gasteiger partial charge in [-0.25, -0.2) is 4.79 Å². The molecule has 4 rings (SSSR count). The number of benzene rings is 1. The molecule has 1 unspecified atom stereocenters. The molecule has 3 aliphatic rings. The quantitative estimate of drug-likeness (QED) is 0.373. The van der Waals surface area contributed by atoms with E-state index in [1.807, 2.05) is 20.8 Å². The minimum Gasteiger partial charge on any atom is -0.444 e. The Labute approximate surface area is 260 Å². The summed E-state index contributed by atoms with van der Waals surface area (Å²) in [5, 5.41) is 6.29. The van der Waals surface area contributed by atoms with Crippen molar-refractivity contribution in [2.45, 2.75) is 103 Å². The van der Waals surface area contributed by atoms with Gasteiger partial charge in [0.1, 0.15) is 17.7 Å². The highest BCUT2D eigenvalue weighted by Crippen LogP contribution is 2.28. The first-order valence-corrected chi connectivity index (χ1v) is 17.9. The van der Waals surface area contributed by atoms with Gasteiger partial charge in [-0.1, -0.05) is 49.1 Å². The van der Waals surface area contributed by atoms with Gasteiger partial charge in [-0.3, -0.25) is 19.4 Å². The Morgan fingerprint density at radius 3 is 2.40 bits per heavy atom. The van der Waals surface area contributed by atoms with Crippen molar-refractivity contribution in [1.29, 1.82) is 0 Å². The third kappa shape index (κ3) is 10.4. The maximum absolute atomic E-state index is 13.6. The Morgan fingerprint density at radius 1 is 1.05 bits per heavy atom. The summed E-state index contributed by atoms with van der Waals surface area (Å²) in [5.41, 5.74) is 1.94. The van der Waals surface area contributed by atoms with E-state index in [0.717, 1.165) is 38.2 Å². The molecule has 42 heavy (non-hydrogen) atoms. The summed E-state index contributed by atoms with van der Waals surface area (Å²) in [5.74, 6) is 2.74. The maximum atomic E-state index is 13.6. The fraction of sp³-hybridized carbons (Fsp3) is 0.719. The van der Waals surface area contributed by atoms with Crippen molar-refractivity contribution in [3.05, 3.63) is 35.4 Å². The van der Waals surface area contributed by atoms with E-state index in [1.165, 1.54) is 59.9 Å². The molecule has 2 aliphatic heterocycles. The van der Waals surface area contributed by atoms with Gasteiger partial charge in [-0.05, 0) is 70.6 Å². The lowest BCUT2D eigenvalue weighted by molar-refractivity contribution is -0.131. The van der Waals surface area contributed by atoms with Crippen molar-refractivity contribution >= 4 is 41.4 Å². The number of amides is 3. The number of aryl methyl sites for hydroxylation is 1. The van der Waals surface area contributed by atoms with Gasteiger partial charge in [0.15, 0.2) is 0 Å². The van der Waals surface area contributed by atoms with E-state index in [2.05, 4.69) is 46.7 Å².